The minimum absolute atomic E-state index is 0.246. The van der Waals surface area contributed by atoms with Crippen LogP contribution >= 0.6 is 0 Å². The molecule has 0 spiro atoms. The first-order valence-electron chi connectivity index (χ1n) is 11.0. The van der Waals surface area contributed by atoms with E-state index in [1.165, 1.54) is 13.2 Å². The number of methoxy groups -OCH3 is 1. The molecule has 3 N–H and O–H groups in total. The summed E-state index contributed by atoms with van der Waals surface area (Å²) in [5, 5.41) is 2.74. The lowest BCUT2D eigenvalue weighted by molar-refractivity contribution is 0.0846. The van der Waals surface area contributed by atoms with Gasteiger partial charge in [0.2, 0.25) is 0 Å². The van der Waals surface area contributed by atoms with Gasteiger partial charge < -0.3 is 19.5 Å². The first kappa shape index (κ1) is 25.1. The van der Waals surface area contributed by atoms with Gasteiger partial charge in [-0.3, -0.25) is 25.2 Å². The minimum Gasteiger partial charge on any atom is -0.497 e. The molecule has 0 bridgehead atoms. The molecule has 0 atom stereocenters. The van der Waals surface area contributed by atoms with Crippen LogP contribution in [-0.2, 0) is 0 Å². The van der Waals surface area contributed by atoms with Gasteiger partial charge in [0.25, 0.3) is 17.7 Å². The second-order valence-electron chi connectivity index (χ2n) is 7.20. The number of benzene rings is 3. The van der Waals surface area contributed by atoms with Crippen LogP contribution < -0.4 is 30.4 Å². The summed E-state index contributed by atoms with van der Waals surface area (Å²) in [4.78, 5) is 37.7. The van der Waals surface area contributed by atoms with Crippen LogP contribution in [0.3, 0.4) is 0 Å². The maximum absolute atomic E-state index is 12.6. The van der Waals surface area contributed by atoms with Gasteiger partial charge in [-0.1, -0.05) is 12.1 Å². The number of rotatable bonds is 9. The van der Waals surface area contributed by atoms with Crippen molar-refractivity contribution in [3.8, 4) is 17.2 Å². The second kappa shape index (κ2) is 12.1. The largest absolute Gasteiger partial charge is 0.497 e. The molecule has 0 fully saturated rings. The quantitative estimate of drug-likeness (QED) is 0.404. The van der Waals surface area contributed by atoms with Crippen molar-refractivity contribution in [2.24, 2.45) is 0 Å². The van der Waals surface area contributed by atoms with Gasteiger partial charge in [0.1, 0.15) is 5.75 Å². The smallest absolute Gasteiger partial charge is 0.269 e. The molecule has 0 saturated carbocycles. The molecule has 9 heteroatoms. The van der Waals surface area contributed by atoms with Crippen molar-refractivity contribution in [2.75, 3.05) is 25.6 Å². The molecule has 35 heavy (non-hydrogen) atoms. The number of anilines is 1. The lowest BCUT2D eigenvalue weighted by atomic mass is 10.1. The normalized spacial score (nSPS) is 10.1. The molecule has 3 rings (SSSR count). The third-order valence-corrected chi connectivity index (χ3v) is 4.81. The zero-order valence-corrected chi connectivity index (χ0v) is 19.7. The van der Waals surface area contributed by atoms with Crippen LogP contribution in [0, 0.1) is 0 Å². The Kier molecular flexibility index (Phi) is 8.66. The fourth-order valence-corrected chi connectivity index (χ4v) is 3.16. The summed E-state index contributed by atoms with van der Waals surface area (Å²) < 4.78 is 16.2. The Morgan fingerprint density at radius 2 is 1.29 bits per heavy atom. The van der Waals surface area contributed by atoms with Crippen molar-refractivity contribution in [3.05, 3.63) is 83.4 Å². The van der Waals surface area contributed by atoms with Gasteiger partial charge in [-0.2, -0.15) is 0 Å². The molecule has 3 aromatic carbocycles. The average molecular weight is 478 g/mol. The van der Waals surface area contributed by atoms with Gasteiger partial charge in [-0.05, 0) is 68.4 Å². The summed E-state index contributed by atoms with van der Waals surface area (Å²) in [6.07, 6.45) is 0. The van der Waals surface area contributed by atoms with Crippen molar-refractivity contribution < 1.29 is 28.6 Å². The van der Waals surface area contributed by atoms with E-state index in [4.69, 9.17) is 14.2 Å². The van der Waals surface area contributed by atoms with E-state index in [0.717, 1.165) is 0 Å². The molecule has 0 radical (unpaired) electrons. The monoisotopic (exact) mass is 477 g/mol. The lowest BCUT2D eigenvalue weighted by Gasteiger charge is -2.13. The molecule has 0 saturated heterocycles. The Labute approximate surface area is 203 Å². The third-order valence-electron chi connectivity index (χ3n) is 4.81. The summed E-state index contributed by atoms with van der Waals surface area (Å²) in [7, 11) is 1.52. The Balaban J connectivity index is 1.63. The van der Waals surface area contributed by atoms with E-state index in [2.05, 4.69) is 16.2 Å². The van der Waals surface area contributed by atoms with Crippen molar-refractivity contribution in [3.63, 3.8) is 0 Å². The van der Waals surface area contributed by atoms with Crippen LogP contribution in [0.4, 0.5) is 5.69 Å². The van der Waals surface area contributed by atoms with Crippen LogP contribution in [0.15, 0.2) is 66.7 Å². The van der Waals surface area contributed by atoms with Gasteiger partial charge in [-0.15, -0.1) is 0 Å². The van der Waals surface area contributed by atoms with Crippen molar-refractivity contribution in [2.45, 2.75) is 13.8 Å². The van der Waals surface area contributed by atoms with Gasteiger partial charge >= 0.3 is 0 Å². The van der Waals surface area contributed by atoms with E-state index < -0.39 is 11.8 Å². The number of carbonyl (C=O) groups is 3. The van der Waals surface area contributed by atoms with E-state index in [1.807, 2.05) is 13.8 Å². The highest BCUT2D eigenvalue weighted by atomic mass is 16.5. The van der Waals surface area contributed by atoms with Gasteiger partial charge in [0.05, 0.1) is 20.3 Å². The standard InChI is InChI=1S/C26H27N3O6/c1-4-34-22-13-12-19(16-23(22)35-5-2)26(32)29-28-25(31)17-8-6-10-20(14-17)27-24(30)18-9-7-11-21(15-18)33-3/h6-16H,4-5H2,1-3H3,(H,27,30)(H,28,31)(H,29,32). The Bertz CT molecular complexity index is 1210. The zero-order valence-electron chi connectivity index (χ0n) is 19.7. The molecule has 9 nitrogen and oxygen atoms in total. The van der Waals surface area contributed by atoms with Crippen LogP contribution in [0.5, 0.6) is 17.2 Å². The van der Waals surface area contributed by atoms with Crippen LogP contribution in [0.25, 0.3) is 0 Å². The van der Waals surface area contributed by atoms with Gasteiger partial charge in [0, 0.05) is 22.4 Å². The Hall–Kier alpha value is -4.53. The summed E-state index contributed by atoms with van der Waals surface area (Å²) in [5.41, 5.74) is 6.12. The molecule has 0 aliphatic heterocycles. The summed E-state index contributed by atoms with van der Waals surface area (Å²) in [6, 6.07) is 17.8. The zero-order chi connectivity index (χ0) is 25.2. The van der Waals surface area contributed by atoms with Crippen molar-refractivity contribution in [1.82, 2.24) is 10.9 Å². The highest BCUT2D eigenvalue weighted by Gasteiger charge is 2.14. The SMILES string of the molecule is CCOc1ccc(C(=O)NNC(=O)c2cccc(NC(=O)c3cccc(OC)c3)c2)cc1OCC. The predicted octanol–water partition coefficient (Wildman–Crippen LogP) is 3.82. The van der Waals surface area contributed by atoms with E-state index in [0.29, 0.717) is 41.7 Å². The first-order chi connectivity index (χ1) is 16.9. The maximum atomic E-state index is 12.6. The molecular weight excluding hydrogens is 450 g/mol. The fraction of sp³-hybridized carbons (Fsp3) is 0.192. The highest BCUT2D eigenvalue weighted by Crippen LogP contribution is 2.28. The minimum atomic E-state index is -0.549. The predicted molar refractivity (Wildman–Crippen MR) is 131 cm³/mol. The van der Waals surface area contributed by atoms with Crippen LogP contribution in [0.1, 0.15) is 44.9 Å². The molecule has 3 amide bonds. The fourth-order valence-electron chi connectivity index (χ4n) is 3.16. The molecule has 0 aromatic heterocycles. The lowest BCUT2D eigenvalue weighted by Crippen LogP contribution is -2.41. The Morgan fingerprint density at radius 3 is 1.94 bits per heavy atom. The highest BCUT2D eigenvalue weighted by molar-refractivity contribution is 6.05. The van der Waals surface area contributed by atoms with Crippen LogP contribution in [-0.4, -0.2) is 38.0 Å². The molecule has 3 aromatic rings. The number of hydrazine groups is 1. The van der Waals surface area contributed by atoms with E-state index >= 15 is 0 Å². The number of carbonyl (C=O) groups excluding carboxylic acids is 3. The second-order valence-corrected chi connectivity index (χ2v) is 7.20. The number of ether oxygens (including phenoxy) is 3. The van der Waals surface area contributed by atoms with Gasteiger partial charge in [-0.25, -0.2) is 0 Å². The topological polar surface area (TPSA) is 115 Å². The van der Waals surface area contributed by atoms with E-state index in [-0.39, 0.29) is 17.0 Å². The molecular formula is C26H27N3O6. The molecule has 0 heterocycles. The van der Waals surface area contributed by atoms with Crippen LogP contribution in [0.2, 0.25) is 0 Å². The Morgan fingerprint density at radius 1 is 0.686 bits per heavy atom. The maximum Gasteiger partial charge on any atom is 0.269 e. The van der Waals surface area contributed by atoms with E-state index in [1.54, 1.807) is 60.7 Å². The molecule has 182 valence electrons. The van der Waals surface area contributed by atoms with Crippen molar-refractivity contribution >= 4 is 23.4 Å². The summed E-state index contributed by atoms with van der Waals surface area (Å²) in [5.74, 6) is 0.102. The average Bonchev–Trinajstić information content (AvgIpc) is 2.88. The molecule has 0 aliphatic rings. The number of amides is 3. The molecule has 0 aliphatic carbocycles. The number of nitrogens with one attached hydrogen (secondary N) is 3. The molecule has 0 unspecified atom stereocenters. The third kappa shape index (κ3) is 6.73. The van der Waals surface area contributed by atoms with Gasteiger partial charge in [0.15, 0.2) is 11.5 Å². The summed E-state index contributed by atoms with van der Waals surface area (Å²) in [6.45, 7) is 4.55. The number of hydrogen-bond acceptors (Lipinski definition) is 6. The van der Waals surface area contributed by atoms with E-state index in [9.17, 15) is 14.4 Å². The number of hydrogen-bond donors (Lipinski definition) is 3. The summed E-state index contributed by atoms with van der Waals surface area (Å²) >= 11 is 0. The van der Waals surface area contributed by atoms with Crippen molar-refractivity contribution in [1.29, 1.82) is 0 Å². The first-order valence-corrected chi connectivity index (χ1v) is 11.0.